The van der Waals surface area contributed by atoms with Crippen molar-refractivity contribution in [2.24, 2.45) is 11.8 Å². The molecule has 2 aliphatic rings. The molecule has 0 heterocycles. The van der Waals surface area contributed by atoms with Crippen LogP contribution in [0.4, 0.5) is 0 Å². The first kappa shape index (κ1) is 15.3. The van der Waals surface area contributed by atoms with Crippen LogP contribution in [0.25, 0.3) is 0 Å². The maximum atomic E-state index is 10.0. The number of nitrogens with zero attached hydrogens (tertiary/aromatic N) is 1. The van der Waals surface area contributed by atoms with Gasteiger partial charge in [0.2, 0.25) is 0 Å². The highest BCUT2D eigenvalue weighted by atomic mass is 16.3. The smallest absolute Gasteiger partial charge is 0.0628 e. The standard InChI is InChI=1S/C16H32N2O/c1-12(2)17-16(11-19,15-7-8-15)10-18(13(3)4)9-14-5-6-14/h12-15,17,19H,5-11H2,1-4H3. The van der Waals surface area contributed by atoms with E-state index in [1.165, 1.54) is 32.2 Å². The molecule has 2 fully saturated rings. The molecule has 0 aromatic rings. The zero-order chi connectivity index (χ0) is 14.0. The van der Waals surface area contributed by atoms with Crippen LogP contribution < -0.4 is 5.32 Å². The van der Waals surface area contributed by atoms with Crippen LogP contribution in [0, 0.1) is 11.8 Å². The number of nitrogens with one attached hydrogen (secondary N) is 1. The van der Waals surface area contributed by atoms with Gasteiger partial charge in [0.25, 0.3) is 0 Å². The molecule has 3 heteroatoms. The predicted octanol–water partition coefficient (Wildman–Crippen LogP) is 2.25. The topological polar surface area (TPSA) is 35.5 Å². The Bertz CT molecular complexity index is 284. The summed E-state index contributed by atoms with van der Waals surface area (Å²) in [6.45, 7) is 11.4. The maximum absolute atomic E-state index is 10.0. The van der Waals surface area contributed by atoms with Crippen LogP contribution in [-0.4, -0.2) is 47.3 Å². The van der Waals surface area contributed by atoms with Gasteiger partial charge in [-0.2, -0.15) is 0 Å². The number of hydrogen-bond donors (Lipinski definition) is 2. The fraction of sp³-hybridized carbons (Fsp3) is 1.00. The molecule has 1 unspecified atom stereocenters. The lowest BCUT2D eigenvalue weighted by molar-refractivity contribution is 0.0682. The molecule has 0 aliphatic heterocycles. The van der Waals surface area contributed by atoms with Crippen LogP contribution in [0.3, 0.4) is 0 Å². The molecule has 112 valence electrons. The number of hydrogen-bond acceptors (Lipinski definition) is 3. The second-order valence-corrected chi connectivity index (χ2v) is 7.35. The zero-order valence-corrected chi connectivity index (χ0v) is 13.2. The number of rotatable bonds is 9. The van der Waals surface area contributed by atoms with E-state index in [1.807, 2.05) is 0 Å². The van der Waals surface area contributed by atoms with Gasteiger partial charge in [-0.25, -0.2) is 0 Å². The first-order chi connectivity index (χ1) is 8.97. The average Bonchev–Trinajstić information content (AvgIpc) is 3.17. The molecule has 2 N–H and O–H groups in total. The Balaban J connectivity index is 2.03. The van der Waals surface area contributed by atoms with Gasteiger partial charge in [-0.15, -0.1) is 0 Å². The minimum atomic E-state index is -0.0761. The summed E-state index contributed by atoms with van der Waals surface area (Å²) in [4.78, 5) is 2.58. The number of aliphatic hydroxyl groups excluding tert-OH is 1. The predicted molar refractivity (Wildman–Crippen MR) is 80.2 cm³/mol. The van der Waals surface area contributed by atoms with E-state index in [0.717, 1.165) is 12.5 Å². The van der Waals surface area contributed by atoms with Crippen molar-refractivity contribution in [2.45, 2.75) is 71.0 Å². The van der Waals surface area contributed by atoms with Gasteiger partial charge in [0.1, 0.15) is 0 Å². The molecule has 1 atom stereocenters. The lowest BCUT2D eigenvalue weighted by atomic mass is 9.91. The van der Waals surface area contributed by atoms with E-state index in [9.17, 15) is 5.11 Å². The number of aliphatic hydroxyl groups is 1. The molecule has 0 amide bonds. The molecule has 0 spiro atoms. The molecule has 0 radical (unpaired) electrons. The van der Waals surface area contributed by atoms with Gasteiger partial charge < -0.3 is 10.4 Å². The Hall–Kier alpha value is -0.120. The first-order valence-corrected chi connectivity index (χ1v) is 8.09. The largest absolute Gasteiger partial charge is 0.394 e. The fourth-order valence-electron chi connectivity index (χ4n) is 3.18. The van der Waals surface area contributed by atoms with Crippen LogP contribution in [0.5, 0.6) is 0 Å². The molecule has 19 heavy (non-hydrogen) atoms. The second-order valence-electron chi connectivity index (χ2n) is 7.35. The third kappa shape index (κ3) is 4.17. The van der Waals surface area contributed by atoms with Gasteiger partial charge in [0.05, 0.1) is 12.1 Å². The van der Waals surface area contributed by atoms with Crippen molar-refractivity contribution in [3.05, 3.63) is 0 Å². The van der Waals surface area contributed by atoms with Gasteiger partial charge in [-0.3, -0.25) is 4.90 Å². The average molecular weight is 268 g/mol. The minimum absolute atomic E-state index is 0.0761. The van der Waals surface area contributed by atoms with Crippen molar-refractivity contribution in [1.82, 2.24) is 10.2 Å². The summed E-state index contributed by atoms with van der Waals surface area (Å²) in [7, 11) is 0. The lowest BCUT2D eigenvalue weighted by Crippen LogP contribution is -2.61. The fourth-order valence-corrected chi connectivity index (χ4v) is 3.18. The first-order valence-electron chi connectivity index (χ1n) is 8.09. The summed E-state index contributed by atoms with van der Waals surface area (Å²) in [5.74, 6) is 1.58. The molecular weight excluding hydrogens is 236 g/mol. The molecule has 0 bridgehead atoms. The highest BCUT2D eigenvalue weighted by Crippen LogP contribution is 2.41. The molecule has 0 aromatic carbocycles. The van der Waals surface area contributed by atoms with E-state index in [1.54, 1.807) is 0 Å². The second kappa shape index (κ2) is 6.11. The summed E-state index contributed by atoms with van der Waals surface area (Å²) >= 11 is 0. The van der Waals surface area contributed by atoms with Crippen molar-refractivity contribution in [1.29, 1.82) is 0 Å². The van der Waals surface area contributed by atoms with Crippen LogP contribution >= 0.6 is 0 Å². The maximum Gasteiger partial charge on any atom is 0.0628 e. The molecule has 3 nitrogen and oxygen atoms in total. The molecule has 0 aromatic heterocycles. The molecular formula is C16H32N2O. The van der Waals surface area contributed by atoms with Crippen molar-refractivity contribution in [3.8, 4) is 0 Å². The Kier molecular flexibility index (Phi) is 4.91. The van der Waals surface area contributed by atoms with E-state index < -0.39 is 0 Å². The van der Waals surface area contributed by atoms with E-state index in [4.69, 9.17) is 0 Å². The summed E-state index contributed by atoms with van der Waals surface area (Å²) in [5.41, 5.74) is -0.0761. The van der Waals surface area contributed by atoms with Gasteiger partial charge in [-0.1, -0.05) is 13.8 Å². The van der Waals surface area contributed by atoms with Crippen LogP contribution in [0.1, 0.15) is 53.4 Å². The summed E-state index contributed by atoms with van der Waals surface area (Å²) in [6.07, 6.45) is 5.35. The summed E-state index contributed by atoms with van der Waals surface area (Å²) in [6, 6.07) is 1.00. The van der Waals surface area contributed by atoms with E-state index in [0.29, 0.717) is 18.0 Å². The van der Waals surface area contributed by atoms with Crippen molar-refractivity contribution < 1.29 is 5.11 Å². The Morgan fingerprint density at radius 2 is 1.79 bits per heavy atom. The van der Waals surface area contributed by atoms with E-state index >= 15 is 0 Å². The van der Waals surface area contributed by atoms with Crippen LogP contribution in [0.15, 0.2) is 0 Å². The lowest BCUT2D eigenvalue weighted by Gasteiger charge is -2.41. The van der Waals surface area contributed by atoms with Crippen molar-refractivity contribution in [2.75, 3.05) is 19.7 Å². The van der Waals surface area contributed by atoms with Gasteiger partial charge in [0, 0.05) is 25.2 Å². The minimum Gasteiger partial charge on any atom is -0.394 e. The quantitative estimate of drug-likeness (QED) is 0.673. The molecule has 2 saturated carbocycles. The molecule has 2 aliphatic carbocycles. The monoisotopic (exact) mass is 268 g/mol. The van der Waals surface area contributed by atoms with Gasteiger partial charge in [-0.05, 0) is 51.4 Å². The summed E-state index contributed by atoms with van der Waals surface area (Å²) < 4.78 is 0. The van der Waals surface area contributed by atoms with Gasteiger partial charge >= 0.3 is 0 Å². The Morgan fingerprint density at radius 1 is 1.16 bits per heavy atom. The Morgan fingerprint density at radius 3 is 2.16 bits per heavy atom. The molecule has 0 saturated heterocycles. The SMILES string of the molecule is CC(C)NC(CO)(CN(CC1CC1)C(C)C)C1CC1. The highest BCUT2D eigenvalue weighted by Gasteiger charge is 2.46. The van der Waals surface area contributed by atoms with E-state index in [-0.39, 0.29) is 12.1 Å². The van der Waals surface area contributed by atoms with E-state index in [2.05, 4.69) is 37.9 Å². The van der Waals surface area contributed by atoms with Crippen LogP contribution in [-0.2, 0) is 0 Å². The van der Waals surface area contributed by atoms with Crippen LogP contribution in [0.2, 0.25) is 0 Å². The van der Waals surface area contributed by atoms with Crippen molar-refractivity contribution >= 4 is 0 Å². The van der Waals surface area contributed by atoms with Crippen molar-refractivity contribution in [3.63, 3.8) is 0 Å². The third-order valence-corrected chi connectivity index (χ3v) is 4.62. The normalized spacial score (nSPS) is 23.4. The summed E-state index contributed by atoms with van der Waals surface area (Å²) in [5, 5.41) is 13.7. The third-order valence-electron chi connectivity index (χ3n) is 4.62. The zero-order valence-electron chi connectivity index (χ0n) is 13.2. The highest BCUT2D eigenvalue weighted by molar-refractivity contribution is 5.04. The van der Waals surface area contributed by atoms with Gasteiger partial charge in [0.15, 0.2) is 0 Å². The Labute approximate surface area is 118 Å². The molecule has 2 rings (SSSR count).